The van der Waals surface area contributed by atoms with E-state index >= 15 is 0 Å². The molecular weight excluding hydrogens is 282 g/mol. The molecule has 0 saturated carbocycles. The molecule has 0 fully saturated rings. The average Bonchev–Trinajstić information content (AvgIpc) is 2.41. The van der Waals surface area contributed by atoms with Crippen molar-refractivity contribution >= 4 is 35.8 Å². The second-order valence-electron chi connectivity index (χ2n) is 4.74. The molecule has 3 nitrogen and oxygen atoms in total. The normalized spacial score (nSPS) is 15.9. The Morgan fingerprint density at radius 1 is 1.53 bits per heavy atom. The standard InChI is InChI=1S/C14H18ClNO2S/c1-2-3-10(9-19)7-16-12-6-11(15)4-5-13(12)18-8-14(16)17/h4-6,10,19H,2-3,7-9H2,1H3. The fourth-order valence-electron chi connectivity index (χ4n) is 2.28. The zero-order valence-electron chi connectivity index (χ0n) is 10.9. The molecule has 1 amide bonds. The second-order valence-corrected chi connectivity index (χ2v) is 5.54. The molecule has 2 rings (SSSR count). The fourth-order valence-corrected chi connectivity index (χ4v) is 2.75. The third kappa shape index (κ3) is 3.37. The quantitative estimate of drug-likeness (QED) is 0.844. The van der Waals surface area contributed by atoms with Gasteiger partial charge in [-0.1, -0.05) is 24.9 Å². The van der Waals surface area contributed by atoms with Crippen molar-refractivity contribution in [3.63, 3.8) is 0 Å². The van der Waals surface area contributed by atoms with Crippen molar-refractivity contribution < 1.29 is 9.53 Å². The van der Waals surface area contributed by atoms with Crippen LogP contribution >= 0.6 is 24.2 Å². The largest absolute Gasteiger partial charge is 0.482 e. The minimum atomic E-state index is -0.0161. The Balaban J connectivity index is 2.24. The molecule has 0 saturated heterocycles. The molecule has 0 aliphatic carbocycles. The van der Waals surface area contributed by atoms with Crippen LogP contribution < -0.4 is 9.64 Å². The number of fused-ring (bicyclic) bond motifs is 1. The van der Waals surface area contributed by atoms with Gasteiger partial charge in [-0.2, -0.15) is 12.6 Å². The maximum absolute atomic E-state index is 12.1. The molecule has 1 aliphatic heterocycles. The van der Waals surface area contributed by atoms with Gasteiger partial charge in [-0.05, 0) is 36.3 Å². The predicted octanol–water partition coefficient (Wildman–Crippen LogP) is 3.41. The highest BCUT2D eigenvalue weighted by Crippen LogP contribution is 2.35. The van der Waals surface area contributed by atoms with Crippen LogP contribution in [0.1, 0.15) is 19.8 Å². The number of hydrogen-bond acceptors (Lipinski definition) is 3. The fraction of sp³-hybridized carbons (Fsp3) is 0.500. The zero-order chi connectivity index (χ0) is 13.8. The molecule has 5 heteroatoms. The van der Waals surface area contributed by atoms with E-state index in [9.17, 15) is 4.79 Å². The number of benzene rings is 1. The summed E-state index contributed by atoms with van der Waals surface area (Å²) >= 11 is 10.4. The van der Waals surface area contributed by atoms with Gasteiger partial charge in [0.15, 0.2) is 6.61 Å². The summed E-state index contributed by atoms with van der Waals surface area (Å²) in [6.45, 7) is 2.91. The molecule has 1 aliphatic rings. The molecule has 1 aromatic carbocycles. The van der Waals surface area contributed by atoms with Gasteiger partial charge in [0.2, 0.25) is 0 Å². The number of carbonyl (C=O) groups is 1. The topological polar surface area (TPSA) is 29.5 Å². The van der Waals surface area contributed by atoms with E-state index in [-0.39, 0.29) is 12.5 Å². The molecule has 104 valence electrons. The van der Waals surface area contributed by atoms with Crippen molar-refractivity contribution in [1.82, 2.24) is 0 Å². The summed E-state index contributed by atoms with van der Waals surface area (Å²) in [5, 5.41) is 0.611. The van der Waals surface area contributed by atoms with Crippen molar-refractivity contribution in [2.75, 3.05) is 23.8 Å². The lowest BCUT2D eigenvalue weighted by Gasteiger charge is -2.32. The van der Waals surface area contributed by atoms with E-state index in [1.807, 2.05) is 6.07 Å². The van der Waals surface area contributed by atoms with E-state index in [1.54, 1.807) is 17.0 Å². The average molecular weight is 300 g/mol. The van der Waals surface area contributed by atoms with Crippen LogP contribution in [0, 0.1) is 5.92 Å². The summed E-state index contributed by atoms with van der Waals surface area (Å²) in [5.41, 5.74) is 0.770. The Bertz CT molecular complexity index is 467. The number of nitrogens with zero attached hydrogens (tertiary/aromatic N) is 1. The van der Waals surface area contributed by atoms with Gasteiger partial charge >= 0.3 is 0 Å². The molecule has 1 atom stereocenters. The Labute approximate surface area is 124 Å². The Kier molecular flexibility index (Phi) is 4.99. The summed E-state index contributed by atoms with van der Waals surface area (Å²) in [5.74, 6) is 1.87. The summed E-state index contributed by atoms with van der Waals surface area (Å²) in [4.78, 5) is 13.8. The Morgan fingerprint density at radius 2 is 2.32 bits per heavy atom. The Hall–Kier alpha value is -0.870. The second kappa shape index (κ2) is 6.53. The Morgan fingerprint density at radius 3 is 3.00 bits per heavy atom. The predicted molar refractivity (Wildman–Crippen MR) is 81.6 cm³/mol. The van der Waals surface area contributed by atoms with Crippen molar-refractivity contribution in [1.29, 1.82) is 0 Å². The molecule has 1 aromatic rings. The van der Waals surface area contributed by atoms with Gasteiger partial charge in [-0.3, -0.25) is 4.79 Å². The first-order valence-electron chi connectivity index (χ1n) is 6.49. The highest BCUT2D eigenvalue weighted by Gasteiger charge is 2.27. The first-order chi connectivity index (χ1) is 9.15. The minimum absolute atomic E-state index is 0.0161. The van der Waals surface area contributed by atoms with Crippen molar-refractivity contribution in [3.05, 3.63) is 23.2 Å². The van der Waals surface area contributed by atoms with Crippen LogP contribution in [0.2, 0.25) is 5.02 Å². The number of rotatable bonds is 5. The number of ether oxygens (including phenoxy) is 1. The van der Waals surface area contributed by atoms with Crippen molar-refractivity contribution in [2.24, 2.45) is 5.92 Å². The van der Waals surface area contributed by atoms with Crippen LogP contribution in [0.4, 0.5) is 5.69 Å². The van der Waals surface area contributed by atoms with E-state index in [1.165, 1.54) is 0 Å². The molecule has 1 heterocycles. The van der Waals surface area contributed by atoms with Gasteiger partial charge in [0.25, 0.3) is 5.91 Å². The highest BCUT2D eigenvalue weighted by molar-refractivity contribution is 7.80. The molecular formula is C14H18ClNO2S. The SMILES string of the molecule is CCCC(CS)CN1C(=O)COc2ccc(Cl)cc21. The number of carbonyl (C=O) groups excluding carboxylic acids is 1. The molecule has 19 heavy (non-hydrogen) atoms. The van der Waals surface area contributed by atoms with Gasteiger partial charge in [0, 0.05) is 11.6 Å². The van der Waals surface area contributed by atoms with Crippen molar-refractivity contribution in [3.8, 4) is 5.75 Å². The first-order valence-corrected chi connectivity index (χ1v) is 7.50. The van der Waals surface area contributed by atoms with Crippen LogP contribution in [0.3, 0.4) is 0 Å². The summed E-state index contributed by atoms with van der Waals surface area (Å²) < 4.78 is 5.43. The van der Waals surface area contributed by atoms with E-state index in [4.69, 9.17) is 16.3 Å². The summed E-state index contributed by atoms with van der Waals surface area (Å²) in [6, 6.07) is 5.37. The van der Waals surface area contributed by atoms with Crippen LogP contribution in [-0.2, 0) is 4.79 Å². The van der Waals surface area contributed by atoms with E-state index in [0.717, 1.165) is 30.0 Å². The molecule has 1 unspecified atom stereocenters. The van der Waals surface area contributed by atoms with E-state index in [2.05, 4.69) is 19.6 Å². The monoisotopic (exact) mass is 299 g/mol. The maximum atomic E-state index is 12.1. The summed E-state index contributed by atoms with van der Waals surface area (Å²) in [6.07, 6.45) is 2.15. The van der Waals surface area contributed by atoms with Gasteiger partial charge in [-0.25, -0.2) is 0 Å². The van der Waals surface area contributed by atoms with Gasteiger partial charge in [-0.15, -0.1) is 0 Å². The van der Waals surface area contributed by atoms with E-state index < -0.39 is 0 Å². The molecule has 0 bridgehead atoms. The highest BCUT2D eigenvalue weighted by atomic mass is 35.5. The molecule has 0 radical (unpaired) electrons. The van der Waals surface area contributed by atoms with Gasteiger partial charge in [0.1, 0.15) is 5.75 Å². The van der Waals surface area contributed by atoms with Crippen LogP contribution in [0.15, 0.2) is 18.2 Å². The summed E-state index contributed by atoms with van der Waals surface area (Å²) in [7, 11) is 0. The smallest absolute Gasteiger partial charge is 0.265 e. The van der Waals surface area contributed by atoms with Crippen LogP contribution in [0.5, 0.6) is 5.75 Å². The molecule has 0 N–H and O–H groups in total. The molecule has 0 aromatic heterocycles. The van der Waals surface area contributed by atoms with E-state index in [0.29, 0.717) is 17.5 Å². The van der Waals surface area contributed by atoms with Gasteiger partial charge in [0.05, 0.1) is 5.69 Å². The third-order valence-corrected chi connectivity index (χ3v) is 4.01. The van der Waals surface area contributed by atoms with Crippen molar-refractivity contribution in [2.45, 2.75) is 19.8 Å². The van der Waals surface area contributed by atoms with Crippen LogP contribution in [-0.4, -0.2) is 24.8 Å². The first kappa shape index (κ1) is 14.5. The van der Waals surface area contributed by atoms with Crippen LogP contribution in [0.25, 0.3) is 0 Å². The lowest BCUT2D eigenvalue weighted by molar-refractivity contribution is -0.121. The maximum Gasteiger partial charge on any atom is 0.265 e. The molecule has 0 spiro atoms. The number of thiol groups is 1. The number of anilines is 1. The lowest BCUT2D eigenvalue weighted by atomic mass is 10.0. The number of halogens is 1. The third-order valence-electron chi connectivity index (χ3n) is 3.26. The van der Waals surface area contributed by atoms with Gasteiger partial charge < -0.3 is 9.64 Å². The lowest BCUT2D eigenvalue weighted by Crippen LogP contribution is -2.42. The minimum Gasteiger partial charge on any atom is -0.482 e. The number of hydrogen-bond donors (Lipinski definition) is 1. The zero-order valence-corrected chi connectivity index (χ0v) is 12.6. The number of amides is 1.